The van der Waals surface area contributed by atoms with E-state index in [-0.39, 0.29) is 88.4 Å². The summed E-state index contributed by atoms with van der Waals surface area (Å²) in [6.45, 7) is 10.7. The number of amides is 2. The Morgan fingerprint density at radius 1 is 0.915 bits per heavy atom. The first-order chi connectivity index (χ1) is 28.0. The van der Waals surface area contributed by atoms with Crippen molar-refractivity contribution in [2.24, 2.45) is 29.0 Å². The zero-order chi connectivity index (χ0) is 43.4. The Hall–Kier alpha value is -5.42. The summed E-state index contributed by atoms with van der Waals surface area (Å²) in [5.74, 6) is -2.80. The molecule has 1 heterocycles. The van der Waals surface area contributed by atoms with Crippen molar-refractivity contribution < 1.29 is 33.4 Å². The van der Waals surface area contributed by atoms with Gasteiger partial charge >= 0.3 is 0 Å². The Morgan fingerprint density at radius 2 is 1.56 bits per heavy atom. The maximum atomic E-state index is 14.6. The lowest BCUT2D eigenvalue weighted by molar-refractivity contribution is -0.142. The second-order valence-corrected chi connectivity index (χ2v) is 16.4. The smallest absolute Gasteiger partial charge is 0.226 e. The van der Waals surface area contributed by atoms with Crippen molar-refractivity contribution in [1.29, 1.82) is 5.26 Å². The molecule has 7 N–H and O–H groups in total. The SMILES string of the molecule is Cc1cc(C(C)(C)C)ccc1C(=O)C[C@@H](CCN)C(=O)N(C)[C@@H]1C(=O)C[C@@H](C)C(=O)N[C@H](C(=O)CCC#N)Cc2ccc(OCCN)c(c2)-c2cc1ccc2OCCN. The van der Waals surface area contributed by atoms with Gasteiger partial charge in [-0.1, -0.05) is 58.0 Å². The summed E-state index contributed by atoms with van der Waals surface area (Å²) in [5.41, 5.74) is 22.2. The summed E-state index contributed by atoms with van der Waals surface area (Å²) in [5, 5.41) is 12.0. The number of benzene rings is 3. The summed E-state index contributed by atoms with van der Waals surface area (Å²) in [6, 6.07) is 16.1. The van der Waals surface area contributed by atoms with Crippen molar-refractivity contribution in [2.45, 2.75) is 90.6 Å². The van der Waals surface area contributed by atoms with Crippen LogP contribution in [0.3, 0.4) is 0 Å². The number of nitrogens with zero attached hydrogens (tertiary/aromatic N) is 2. The number of carbonyl (C=O) groups is 5. The van der Waals surface area contributed by atoms with Gasteiger partial charge in [0.05, 0.1) is 12.1 Å². The Balaban J connectivity index is 1.86. The Morgan fingerprint density at radius 3 is 2.15 bits per heavy atom. The lowest BCUT2D eigenvalue weighted by Crippen LogP contribution is -2.46. The second kappa shape index (κ2) is 21.0. The highest BCUT2D eigenvalue weighted by molar-refractivity contribution is 6.01. The van der Waals surface area contributed by atoms with E-state index in [9.17, 15) is 29.2 Å². The van der Waals surface area contributed by atoms with Gasteiger partial charge < -0.3 is 36.9 Å². The van der Waals surface area contributed by atoms with Gasteiger partial charge in [0, 0.05) is 74.3 Å². The fourth-order valence-electron chi connectivity index (χ4n) is 7.42. The summed E-state index contributed by atoms with van der Waals surface area (Å²) in [7, 11) is 1.52. The van der Waals surface area contributed by atoms with Crippen molar-refractivity contribution in [3.8, 4) is 28.7 Å². The van der Waals surface area contributed by atoms with Crippen molar-refractivity contribution in [2.75, 3.05) is 39.9 Å². The number of aryl methyl sites for hydroxylation is 1. The molecule has 0 unspecified atom stereocenters. The molecule has 3 aromatic rings. The van der Waals surface area contributed by atoms with E-state index in [0.717, 1.165) is 11.1 Å². The summed E-state index contributed by atoms with van der Waals surface area (Å²) in [6.07, 6.45) is -0.178. The molecular weight excluding hydrogens is 749 g/mol. The number of ether oxygens (including phenoxy) is 2. The van der Waals surface area contributed by atoms with E-state index in [1.54, 1.807) is 43.3 Å². The van der Waals surface area contributed by atoms with Gasteiger partial charge in [-0.2, -0.15) is 5.26 Å². The van der Waals surface area contributed by atoms with Gasteiger partial charge in [-0.3, -0.25) is 24.0 Å². The van der Waals surface area contributed by atoms with E-state index >= 15 is 0 Å². The Labute approximate surface area is 348 Å². The number of Topliss-reactive ketones (excluding diaryl/α,β-unsaturated/α-hetero) is 3. The molecule has 0 spiro atoms. The molecule has 0 saturated heterocycles. The zero-order valence-corrected chi connectivity index (χ0v) is 35.3. The fourth-order valence-corrected chi connectivity index (χ4v) is 7.42. The van der Waals surface area contributed by atoms with Crippen molar-refractivity contribution in [3.63, 3.8) is 0 Å². The van der Waals surface area contributed by atoms with Gasteiger partial charge in [-0.05, 0) is 78.2 Å². The molecule has 1 aliphatic rings. The standard InChI is InChI=1S/C46H60N6O7/c1-28-22-33(46(3,4)5)11-12-34(28)39(54)27-32(15-17-48)45(57)52(6)43-31-10-14-42(59-21-19-50)36(26-31)35-24-30(9-13-41(35)58-20-18-49)25-37(38(53)8-7-16-47)51-44(56)29(2)23-40(43)55/h9-14,22,24,26,29,32,37,43H,7-8,15,17-21,23,25,27,48-50H2,1-6H3,(H,51,56)/t29-,32-,37+,43+/m1/s1. The predicted molar refractivity (Wildman–Crippen MR) is 227 cm³/mol. The van der Waals surface area contributed by atoms with E-state index < -0.39 is 41.5 Å². The van der Waals surface area contributed by atoms with Gasteiger partial charge in [0.15, 0.2) is 17.3 Å². The molecule has 13 heteroatoms. The quantitative estimate of drug-likeness (QED) is 0.143. The maximum Gasteiger partial charge on any atom is 0.226 e. The third-order valence-corrected chi connectivity index (χ3v) is 10.7. The van der Waals surface area contributed by atoms with Crippen LogP contribution in [0.25, 0.3) is 11.1 Å². The van der Waals surface area contributed by atoms with E-state index in [0.29, 0.717) is 39.3 Å². The topological polar surface area (TPSA) is 221 Å². The van der Waals surface area contributed by atoms with Crippen LogP contribution in [-0.2, 0) is 31.0 Å². The normalized spacial score (nSPS) is 17.5. The number of fused-ring (bicyclic) bond motifs is 5. The fraction of sp³-hybridized carbons (Fsp3) is 0.478. The highest BCUT2D eigenvalue weighted by Gasteiger charge is 2.36. The maximum absolute atomic E-state index is 14.6. The first kappa shape index (κ1) is 46.3. The van der Waals surface area contributed by atoms with Gasteiger partial charge in [0.25, 0.3) is 0 Å². The molecule has 13 nitrogen and oxygen atoms in total. The number of likely N-dealkylation sites (N-methyl/N-ethyl adjacent to an activating group) is 1. The van der Waals surface area contributed by atoms with Gasteiger partial charge in [0.2, 0.25) is 11.8 Å². The molecule has 4 atom stereocenters. The van der Waals surface area contributed by atoms with Crippen LogP contribution in [-0.4, -0.2) is 80.0 Å². The van der Waals surface area contributed by atoms with Crippen LogP contribution < -0.4 is 32.0 Å². The molecule has 4 bridgehead atoms. The molecule has 0 saturated carbocycles. The number of hydrogen-bond acceptors (Lipinski definition) is 11. The van der Waals surface area contributed by atoms with E-state index in [1.807, 2.05) is 31.2 Å². The van der Waals surface area contributed by atoms with Crippen molar-refractivity contribution in [3.05, 3.63) is 82.4 Å². The number of rotatable bonds is 16. The van der Waals surface area contributed by atoms with Crippen LogP contribution in [0.1, 0.15) is 98.5 Å². The van der Waals surface area contributed by atoms with E-state index in [1.165, 1.54) is 11.9 Å². The first-order valence-corrected chi connectivity index (χ1v) is 20.3. The second-order valence-electron chi connectivity index (χ2n) is 16.4. The van der Waals surface area contributed by atoms with E-state index in [4.69, 9.17) is 26.7 Å². The molecule has 4 rings (SSSR count). The van der Waals surface area contributed by atoms with Crippen LogP contribution in [0.2, 0.25) is 0 Å². The number of hydrogen-bond donors (Lipinski definition) is 4. The van der Waals surface area contributed by atoms with Crippen LogP contribution >= 0.6 is 0 Å². The summed E-state index contributed by atoms with van der Waals surface area (Å²) < 4.78 is 12.2. The van der Waals surface area contributed by atoms with Crippen LogP contribution in [0, 0.1) is 30.1 Å². The van der Waals surface area contributed by atoms with E-state index in [2.05, 4.69) is 26.1 Å². The molecule has 0 aliphatic carbocycles. The number of ketones is 3. The molecule has 0 fully saturated rings. The highest BCUT2D eigenvalue weighted by atomic mass is 16.5. The third kappa shape index (κ3) is 11.8. The van der Waals surface area contributed by atoms with Crippen molar-refractivity contribution >= 4 is 29.2 Å². The highest BCUT2D eigenvalue weighted by Crippen LogP contribution is 2.41. The molecular formula is C46H60N6O7. The number of nitrogens with two attached hydrogens (primary N) is 3. The molecule has 0 aromatic heterocycles. The number of nitrogens with one attached hydrogen (secondary N) is 1. The molecule has 59 heavy (non-hydrogen) atoms. The van der Waals surface area contributed by atoms with Gasteiger partial charge in [-0.15, -0.1) is 0 Å². The van der Waals surface area contributed by atoms with Gasteiger partial charge in [-0.25, -0.2) is 0 Å². The molecule has 0 radical (unpaired) electrons. The predicted octanol–water partition coefficient (Wildman–Crippen LogP) is 4.88. The molecule has 316 valence electrons. The average molecular weight is 809 g/mol. The zero-order valence-electron chi connectivity index (χ0n) is 35.3. The van der Waals surface area contributed by atoms with Crippen LogP contribution in [0.5, 0.6) is 11.5 Å². The lowest BCUT2D eigenvalue weighted by atomic mass is 9.84. The lowest BCUT2D eigenvalue weighted by Gasteiger charge is -2.32. The minimum atomic E-state index is -1.20. The molecule has 2 amide bonds. The Kier molecular flexibility index (Phi) is 16.5. The monoisotopic (exact) mass is 808 g/mol. The third-order valence-electron chi connectivity index (χ3n) is 10.7. The first-order valence-electron chi connectivity index (χ1n) is 20.3. The van der Waals surface area contributed by atoms with Crippen LogP contribution in [0.15, 0.2) is 54.6 Å². The summed E-state index contributed by atoms with van der Waals surface area (Å²) >= 11 is 0. The van der Waals surface area contributed by atoms with Crippen LogP contribution in [0.4, 0.5) is 0 Å². The number of nitriles is 1. The van der Waals surface area contributed by atoms with Gasteiger partial charge in [0.1, 0.15) is 30.8 Å². The minimum absolute atomic E-state index is 0.0210. The van der Waals surface area contributed by atoms with Crippen molar-refractivity contribution in [1.82, 2.24) is 10.2 Å². The summed E-state index contributed by atoms with van der Waals surface area (Å²) in [4.78, 5) is 71.6. The molecule has 3 aromatic carbocycles. The Bertz CT molecular complexity index is 2050. The largest absolute Gasteiger partial charge is 0.492 e. The number of carbonyl (C=O) groups excluding carboxylic acids is 5. The molecule has 1 aliphatic heterocycles. The average Bonchev–Trinajstić information content (AvgIpc) is 3.20. The minimum Gasteiger partial charge on any atom is -0.492 e.